The number of aliphatic hydroxyl groups excluding tert-OH is 1. The molecule has 0 spiro atoms. The fourth-order valence-electron chi connectivity index (χ4n) is 4.44. The Kier molecular flexibility index (Phi) is 19.2. The molecule has 1 fully saturated rings. The smallest absolute Gasteiger partial charge is 0.443 e. The molecule has 0 aromatic rings. The van der Waals surface area contributed by atoms with Gasteiger partial charge < -0.3 is 24.2 Å². The summed E-state index contributed by atoms with van der Waals surface area (Å²) in [5.41, 5.74) is -1.98. The van der Waals surface area contributed by atoms with Gasteiger partial charge in [-0.25, -0.2) is 23.7 Å². The Morgan fingerprint density at radius 1 is 0.889 bits per heavy atom. The number of unbranched alkanes of at least 4 members (excludes halogenated alkanes) is 2. The van der Waals surface area contributed by atoms with Gasteiger partial charge in [-0.05, 0) is 60.5 Å². The van der Waals surface area contributed by atoms with Crippen molar-refractivity contribution < 1.29 is 65.2 Å². The lowest BCUT2D eigenvalue weighted by Gasteiger charge is -2.34. The first kappa shape index (κ1) is 47.2. The van der Waals surface area contributed by atoms with Crippen molar-refractivity contribution in [1.29, 1.82) is 10.5 Å². The summed E-state index contributed by atoms with van der Waals surface area (Å²) in [4.78, 5) is 32.3. The number of aliphatic imine (C=N–C) groups is 1. The Morgan fingerprint density at radius 2 is 1.39 bits per heavy atom. The van der Waals surface area contributed by atoms with Crippen molar-refractivity contribution in [3.8, 4) is 12.1 Å². The van der Waals surface area contributed by atoms with Crippen LogP contribution < -0.4 is 0 Å². The van der Waals surface area contributed by atoms with Crippen molar-refractivity contribution >= 4 is 33.7 Å². The highest BCUT2D eigenvalue weighted by molar-refractivity contribution is 7.48. The Balaban J connectivity index is 2.43. The molecule has 306 valence electrons. The van der Waals surface area contributed by atoms with E-state index in [1.54, 1.807) is 41.5 Å². The van der Waals surface area contributed by atoms with Gasteiger partial charge >= 0.3 is 27.8 Å². The maximum absolute atomic E-state index is 13.8. The van der Waals surface area contributed by atoms with Crippen LogP contribution in [0.15, 0.2) is 17.3 Å². The van der Waals surface area contributed by atoms with Gasteiger partial charge in [0.15, 0.2) is 0 Å². The summed E-state index contributed by atoms with van der Waals surface area (Å²) < 4.78 is 77.6. The molecule has 3 unspecified atom stereocenters. The number of rotatable bonds is 20. The number of carbonyl (C=O) groups is 2. The zero-order valence-electron chi connectivity index (χ0n) is 32.3. The van der Waals surface area contributed by atoms with E-state index in [2.05, 4.69) is 4.99 Å². The molecule has 2 aliphatic rings. The number of amides is 2. The molecule has 0 saturated carbocycles. The van der Waals surface area contributed by atoms with Gasteiger partial charge in [-0.1, -0.05) is 26.7 Å². The Hall–Kier alpha value is -2.93. The van der Waals surface area contributed by atoms with Crippen molar-refractivity contribution in [3.05, 3.63) is 12.3 Å². The number of phosphoric acid groups is 2. The van der Waals surface area contributed by atoms with E-state index in [1.807, 2.05) is 26.0 Å². The summed E-state index contributed by atoms with van der Waals surface area (Å²) in [5.74, 6) is -0.299. The molecule has 2 heterocycles. The van der Waals surface area contributed by atoms with Gasteiger partial charge in [0.1, 0.15) is 35.5 Å². The molecule has 0 radical (unpaired) electrons. The first-order valence-electron chi connectivity index (χ1n) is 17.8. The number of hydrogen-bond acceptors (Lipinski definition) is 18. The minimum atomic E-state index is -4.33. The van der Waals surface area contributed by atoms with Crippen LogP contribution in [-0.4, -0.2) is 102 Å². The first-order chi connectivity index (χ1) is 25.3. The first-order valence-corrected chi connectivity index (χ1v) is 20.7. The summed E-state index contributed by atoms with van der Waals surface area (Å²) in [6.07, 6.45) is -2.58. The maximum atomic E-state index is 13.8. The number of imide groups is 1. The number of amidine groups is 1. The average Bonchev–Trinajstić information content (AvgIpc) is 3.44. The third-order valence-electron chi connectivity index (χ3n) is 6.89. The largest absolute Gasteiger partial charge is 0.475 e. The second-order valence-corrected chi connectivity index (χ2v) is 17.2. The fourth-order valence-corrected chi connectivity index (χ4v) is 7.08. The highest BCUT2D eigenvalue weighted by Crippen LogP contribution is 2.54. The van der Waals surface area contributed by atoms with Gasteiger partial charge in [-0.3, -0.25) is 27.1 Å². The van der Waals surface area contributed by atoms with Crippen molar-refractivity contribution in [2.24, 2.45) is 4.99 Å². The van der Waals surface area contributed by atoms with Crippen LogP contribution in [0.5, 0.6) is 0 Å². The Labute approximate surface area is 317 Å². The second kappa shape index (κ2) is 22.0. The Bertz CT molecular complexity index is 1440. The monoisotopic (exact) mass is 807 g/mol. The third-order valence-corrected chi connectivity index (χ3v) is 9.88. The lowest BCUT2D eigenvalue weighted by atomic mass is 10.2. The van der Waals surface area contributed by atoms with Gasteiger partial charge in [-0.2, -0.15) is 15.4 Å². The zero-order valence-corrected chi connectivity index (χ0v) is 34.1. The fraction of sp³-hybridized carbons (Fsp3) is 0.788. The van der Waals surface area contributed by atoms with Crippen LogP contribution in [-0.2, 0) is 50.5 Å². The van der Waals surface area contributed by atoms with E-state index in [9.17, 15) is 23.8 Å². The van der Waals surface area contributed by atoms with Crippen LogP contribution >= 0.6 is 15.6 Å². The standard InChI is InChI=1S/C33H55N5O14P2/c1-9-11-19-44-53(42,45-21-13-16-34)48-24-26-25(52-54(43,46-20-12-10-2)47-22-14-17-35)23-28(49-26)37-18-15-27(36-29(37)39)38(30(40)50-32(3,4)5)31(41)51-33(6,7)8/h15,18,25-26,28-29,39H,9-14,19-24H2,1-8H3/t25-,26+,28+,29?,53?,54?/m0/s1. The Morgan fingerprint density at radius 3 is 1.87 bits per heavy atom. The highest BCUT2D eigenvalue weighted by Gasteiger charge is 2.47. The van der Waals surface area contributed by atoms with Crippen LogP contribution in [0.25, 0.3) is 0 Å². The molecule has 6 atom stereocenters. The summed E-state index contributed by atoms with van der Waals surface area (Å²) in [7, 11) is -8.56. The number of aliphatic hydroxyl groups is 1. The molecule has 2 aliphatic heterocycles. The van der Waals surface area contributed by atoms with Crippen LogP contribution in [0.4, 0.5) is 9.59 Å². The number of carbonyl (C=O) groups excluding carboxylic acids is 2. The number of nitrogens with zero attached hydrogens (tertiary/aromatic N) is 5. The minimum Gasteiger partial charge on any atom is -0.443 e. The SMILES string of the molecule is CCCCOP(=O)(OCCC#N)OC[C@H]1O[C@@H](N2C=CC(N(C(=O)OC(C)(C)C)C(=O)OC(C)(C)C)=NC2O)C[C@@H]1OP(=O)(OCCC#N)OCCCC. The molecule has 54 heavy (non-hydrogen) atoms. The quantitative estimate of drug-likeness (QED) is 0.0973. The molecule has 1 saturated heterocycles. The predicted molar refractivity (Wildman–Crippen MR) is 192 cm³/mol. The molecular weight excluding hydrogens is 752 g/mol. The number of hydrogen-bond donors (Lipinski definition) is 1. The summed E-state index contributed by atoms with van der Waals surface area (Å²) in [6.45, 7) is 12.5. The molecule has 2 rings (SSSR count). The van der Waals surface area contributed by atoms with E-state index < -0.39 is 70.4 Å². The van der Waals surface area contributed by atoms with Gasteiger partial charge in [-0.15, -0.1) is 0 Å². The van der Waals surface area contributed by atoms with Crippen LogP contribution in [0.3, 0.4) is 0 Å². The summed E-state index contributed by atoms with van der Waals surface area (Å²) in [5, 5.41) is 29.2. The van der Waals surface area contributed by atoms with Crippen molar-refractivity contribution in [1.82, 2.24) is 9.80 Å². The van der Waals surface area contributed by atoms with Crippen LogP contribution in [0, 0.1) is 22.7 Å². The van der Waals surface area contributed by atoms with Crippen LogP contribution in [0.2, 0.25) is 0 Å². The predicted octanol–water partition coefficient (Wildman–Crippen LogP) is 6.89. The molecule has 0 aliphatic carbocycles. The molecule has 21 heteroatoms. The van der Waals surface area contributed by atoms with E-state index in [0.29, 0.717) is 24.2 Å². The molecule has 19 nitrogen and oxygen atoms in total. The van der Waals surface area contributed by atoms with Gasteiger partial charge in [0.05, 0.1) is 58.0 Å². The molecule has 0 aromatic heterocycles. The molecule has 0 bridgehead atoms. The topological polar surface area (TPSA) is 238 Å². The van der Waals surface area contributed by atoms with Crippen LogP contribution in [0.1, 0.15) is 100 Å². The van der Waals surface area contributed by atoms with E-state index in [4.69, 9.17) is 51.9 Å². The number of ether oxygens (including phenoxy) is 3. The molecule has 1 N–H and O–H groups in total. The second-order valence-electron chi connectivity index (χ2n) is 13.9. The number of nitriles is 2. The van der Waals surface area contributed by atoms with E-state index in [1.165, 1.54) is 17.2 Å². The third kappa shape index (κ3) is 16.4. The van der Waals surface area contributed by atoms with Crippen molar-refractivity contribution in [2.75, 3.05) is 33.0 Å². The van der Waals surface area contributed by atoms with Gasteiger partial charge in [0.25, 0.3) is 0 Å². The number of phosphoric ester groups is 2. The lowest BCUT2D eigenvalue weighted by Crippen LogP contribution is -2.49. The average molecular weight is 808 g/mol. The highest BCUT2D eigenvalue weighted by atomic mass is 31.2. The van der Waals surface area contributed by atoms with E-state index in [-0.39, 0.29) is 51.5 Å². The molecular formula is C33H55N5O14P2. The van der Waals surface area contributed by atoms with E-state index in [0.717, 1.165) is 6.42 Å². The normalized spacial score (nSPS) is 22.4. The van der Waals surface area contributed by atoms with E-state index >= 15 is 0 Å². The summed E-state index contributed by atoms with van der Waals surface area (Å²) >= 11 is 0. The van der Waals surface area contributed by atoms with Gasteiger partial charge in [0.2, 0.25) is 6.35 Å². The maximum Gasteiger partial charge on any atom is 0.475 e. The van der Waals surface area contributed by atoms with Crippen molar-refractivity contribution in [3.63, 3.8) is 0 Å². The minimum absolute atomic E-state index is 0.0164. The van der Waals surface area contributed by atoms with Gasteiger partial charge in [0, 0.05) is 12.6 Å². The lowest BCUT2D eigenvalue weighted by molar-refractivity contribution is -0.110. The summed E-state index contributed by atoms with van der Waals surface area (Å²) in [6, 6.07) is 3.78. The molecule has 0 aromatic carbocycles. The van der Waals surface area contributed by atoms with Crippen molar-refractivity contribution in [2.45, 2.75) is 136 Å². The molecule has 2 amide bonds. The zero-order chi connectivity index (χ0) is 40.6.